The van der Waals surface area contributed by atoms with Crippen molar-refractivity contribution in [2.75, 3.05) is 7.11 Å². The second-order valence-electron chi connectivity index (χ2n) is 4.88. The predicted octanol–water partition coefficient (Wildman–Crippen LogP) is 3.54. The molecule has 0 amide bonds. The molecule has 2 aromatic carbocycles. The summed E-state index contributed by atoms with van der Waals surface area (Å²) in [5.41, 5.74) is 5.19. The summed E-state index contributed by atoms with van der Waals surface area (Å²) in [4.78, 5) is 0. The van der Waals surface area contributed by atoms with E-state index in [0.29, 0.717) is 12.0 Å². The Balaban J connectivity index is 2.34. The van der Waals surface area contributed by atoms with Gasteiger partial charge in [-0.05, 0) is 36.6 Å². The number of benzene rings is 2. The molecule has 2 rings (SSSR count). The van der Waals surface area contributed by atoms with Crippen molar-refractivity contribution in [3.05, 3.63) is 63.9 Å². The van der Waals surface area contributed by atoms with E-state index in [2.05, 4.69) is 5.43 Å². The average Bonchev–Trinajstić information content (AvgIpc) is 2.49. The van der Waals surface area contributed by atoms with Crippen molar-refractivity contribution in [2.45, 2.75) is 19.4 Å². The fraction of sp³-hybridized carbons (Fsp3) is 0.250. The molecule has 0 bridgehead atoms. The van der Waals surface area contributed by atoms with Gasteiger partial charge in [-0.3, -0.25) is 11.3 Å². The minimum Gasteiger partial charge on any atom is -0.496 e. The Labute approximate surface area is 128 Å². The molecule has 0 aliphatic carbocycles. The molecule has 0 saturated heterocycles. The minimum atomic E-state index is -0.412. The zero-order valence-corrected chi connectivity index (χ0v) is 12.7. The number of halogens is 2. The maximum atomic E-state index is 14.0. The molecule has 0 aromatic heterocycles. The zero-order valence-electron chi connectivity index (χ0n) is 12.0. The maximum Gasteiger partial charge on any atom is 0.145 e. The van der Waals surface area contributed by atoms with E-state index in [9.17, 15) is 4.39 Å². The minimum absolute atomic E-state index is 0.110. The molecule has 1 atom stereocenters. The summed E-state index contributed by atoms with van der Waals surface area (Å²) < 4.78 is 19.4. The van der Waals surface area contributed by atoms with Gasteiger partial charge in [0.15, 0.2) is 0 Å². The summed E-state index contributed by atoms with van der Waals surface area (Å²) in [6, 6.07) is 10.5. The van der Waals surface area contributed by atoms with Crippen molar-refractivity contribution in [3.8, 4) is 5.75 Å². The van der Waals surface area contributed by atoms with Gasteiger partial charge in [0.1, 0.15) is 11.6 Å². The normalized spacial score (nSPS) is 12.2. The van der Waals surface area contributed by atoms with Gasteiger partial charge in [0, 0.05) is 5.56 Å². The number of aryl methyl sites for hydroxylation is 1. The quantitative estimate of drug-likeness (QED) is 0.656. The molecule has 0 aliphatic heterocycles. The van der Waals surface area contributed by atoms with Gasteiger partial charge in [-0.1, -0.05) is 35.9 Å². The van der Waals surface area contributed by atoms with Crippen LogP contribution in [0.15, 0.2) is 36.4 Å². The first-order chi connectivity index (χ1) is 10.1. The van der Waals surface area contributed by atoms with Gasteiger partial charge < -0.3 is 4.74 Å². The van der Waals surface area contributed by atoms with E-state index in [1.807, 2.05) is 25.1 Å². The second kappa shape index (κ2) is 6.89. The Hall–Kier alpha value is -1.62. The first-order valence-electron chi connectivity index (χ1n) is 6.60. The van der Waals surface area contributed by atoms with Gasteiger partial charge in [-0.15, -0.1) is 0 Å². The fourth-order valence-corrected chi connectivity index (χ4v) is 2.49. The molecule has 0 saturated carbocycles. The summed E-state index contributed by atoms with van der Waals surface area (Å²) in [7, 11) is 1.60. The highest BCUT2D eigenvalue weighted by Crippen LogP contribution is 2.29. The molecule has 0 spiro atoms. The summed E-state index contributed by atoms with van der Waals surface area (Å²) >= 11 is 5.81. The number of ether oxygens (including phenoxy) is 1. The molecule has 0 fully saturated rings. The van der Waals surface area contributed by atoms with E-state index in [4.69, 9.17) is 22.2 Å². The lowest BCUT2D eigenvalue weighted by Crippen LogP contribution is -2.30. The topological polar surface area (TPSA) is 47.3 Å². The lowest BCUT2D eigenvalue weighted by atomic mass is 9.97. The van der Waals surface area contributed by atoms with Gasteiger partial charge >= 0.3 is 0 Å². The largest absolute Gasteiger partial charge is 0.496 e. The third kappa shape index (κ3) is 3.53. The third-order valence-electron chi connectivity index (χ3n) is 3.42. The summed E-state index contributed by atoms with van der Waals surface area (Å²) in [5, 5.41) is 0.110. The van der Waals surface area contributed by atoms with Crippen molar-refractivity contribution in [2.24, 2.45) is 5.84 Å². The number of hydrazine groups is 1. The van der Waals surface area contributed by atoms with Crippen LogP contribution in [0.3, 0.4) is 0 Å². The van der Waals surface area contributed by atoms with Gasteiger partial charge in [0.05, 0.1) is 18.2 Å². The van der Waals surface area contributed by atoms with Crippen LogP contribution >= 0.6 is 11.6 Å². The van der Waals surface area contributed by atoms with Gasteiger partial charge in [0.2, 0.25) is 0 Å². The first kappa shape index (κ1) is 15.8. The lowest BCUT2D eigenvalue weighted by molar-refractivity contribution is 0.398. The van der Waals surface area contributed by atoms with E-state index >= 15 is 0 Å². The summed E-state index contributed by atoms with van der Waals surface area (Å²) in [6.45, 7) is 1.98. The van der Waals surface area contributed by atoms with Crippen molar-refractivity contribution in [3.63, 3.8) is 0 Å². The van der Waals surface area contributed by atoms with Gasteiger partial charge in [-0.2, -0.15) is 0 Å². The van der Waals surface area contributed by atoms with E-state index in [0.717, 1.165) is 16.9 Å². The number of methoxy groups -OCH3 is 1. The summed E-state index contributed by atoms with van der Waals surface area (Å²) in [6.07, 6.45) is 0.377. The fourth-order valence-electron chi connectivity index (χ4n) is 2.29. The molecule has 0 radical (unpaired) electrons. The maximum absolute atomic E-state index is 14.0. The summed E-state index contributed by atoms with van der Waals surface area (Å²) in [5.74, 6) is 5.95. The highest BCUT2D eigenvalue weighted by molar-refractivity contribution is 6.30. The third-order valence-corrected chi connectivity index (χ3v) is 3.71. The molecule has 112 valence electrons. The Kier molecular flexibility index (Phi) is 5.17. The van der Waals surface area contributed by atoms with Crippen LogP contribution in [0.25, 0.3) is 0 Å². The highest BCUT2D eigenvalue weighted by Gasteiger charge is 2.18. The molecule has 21 heavy (non-hydrogen) atoms. The molecule has 1 unspecified atom stereocenters. The Morgan fingerprint density at radius 2 is 2.10 bits per heavy atom. The second-order valence-corrected chi connectivity index (χ2v) is 5.29. The van der Waals surface area contributed by atoms with E-state index in [-0.39, 0.29) is 11.1 Å². The molecule has 3 nitrogen and oxygen atoms in total. The van der Waals surface area contributed by atoms with Gasteiger partial charge in [0.25, 0.3) is 0 Å². The Morgan fingerprint density at radius 1 is 1.33 bits per heavy atom. The number of hydrogen-bond acceptors (Lipinski definition) is 3. The van der Waals surface area contributed by atoms with Crippen LogP contribution < -0.4 is 16.0 Å². The van der Waals surface area contributed by atoms with Crippen molar-refractivity contribution >= 4 is 11.6 Å². The molecule has 0 heterocycles. The number of nitrogens with one attached hydrogen (secondary N) is 1. The van der Waals surface area contributed by atoms with Crippen LogP contribution in [0.1, 0.15) is 22.7 Å². The Bertz CT molecular complexity index is 634. The molecular formula is C16H18ClFN2O. The van der Waals surface area contributed by atoms with Crippen molar-refractivity contribution in [1.82, 2.24) is 5.43 Å². The molecule has 2 aromatic rings. The van der Waals surface area contributed by atoms with Crippen LogP contribution in [0.4, 0.5) is 4.39 Å². The average molecular weight is 309 g/mol. The zero-order chi connectivity index (χ0) is 15.4. The van der Waals surface area contributed by atoms with Crippen LogP contribution in [0, 0.1) is 12.7 Å². The Morgan fingerprint density at radius 3 is 2.76 bits per heavy atom. The first-order valence-corrected chi connectivity index (χ1v) is 6.98. The van der Waals surface area contributed by atoms with Crippen molar-refractivity contribution in [1.29, 1.82) is 0 Å². The molecular weight excluding hydrogens is 291 g/mol. The van der Waals surface area contributed by atoms with Crippen LogP contribution in [-0.4, -0.2) is 7.11 Å². The molecule has 5 heteroatoms. The van der Waals surface area contributed by atoms with Crippen LogP contribution in [0.2, 0.25) is 5.02 Å². The molecule has 0 aliphatic rings. The number of nitrogens with two attached hydrogens (primary N) is 1. The SMILES string of the molecule is COc1cc(C)ccc1C(Cc1cccc(Cl)c1F)NN. The highest BCUT2D eigenvalue weighted by atomic mass is 35.5. The van der Waals surface area contributed by atoms with Crippen LogP contribution in [0.5, 0.6) is 5.75 Å². The standard InChI is InChI=1S/C16H18ClFN2O/c1-10-6-7-12(15(8-10)21-2)14(20-19)9-11-4-3-5-13(17)16(11)18/h3-8,14,20H,9,19H2,1-2H3. The smallest absolute Gasteiger partial charge is 0.145 e. The van der Waals surface area contributed by atoms with Crippen molar-refractivity contribution < 1.29 is 9.13 Å². The number of hydrogen-bond donors (Lipinski definition) is 2. The van der Waals surface area contributed by atoms with E-state index in [1.165, 1.54) is 6.07 Å². The van der Waals surface area contributed by atoms with E-state index in [1.54, 1.807) is 19.2 Å². The molecule has 3 N–H and O–H groups in total. The predicted molar refractivity (Wildman–Crippen MR) is 82.9 cm³/mol. The van der Waals surface area contributed by atoms with Crippen LogP contribution in [-0.2, 0) is 6.42 Å². The lowest BCUT2D eigenvalue weighted by Gasteiger charge is -2.20. The van der Waals surface area contributed by atoms with Gasteiger partial charge in [-0.25, -0.2) is 4.39 Å². The van der Waals surface area contributed by atoms with E-state index < -0.39 is 5.82 Å². The monoisotopic (exact) mass is 308 g/mol. The number of rotatable bonds is 5.